The molecule has 1 aromatic carbocycles. The molecule has 1 rings (SSSR count). The molecule has 0 heterocycles. The van der Waals surface area contributed by atoms with Crippen molar-refractivity contribution in [3.05, 3.63) is 24.0 Å². The Morgan fingerprint density at radius 3 is 2.75 bits per heavy atom. The topological polar surface area (TPSA) is 58.4 Å². The Morgan fingerprint density at radius 2 is 2.15 bits per heavy atom. The highest BCUT2D eigenvalue weighted by Crippen LogP contribution is 2.18. The van der Waals surface area contributed by atoms with Crippen LogP contribution in [0.3, 0.4) is 0 Å². The molecule has 0 saturated heterocycles. The number of anilines is 2. The minimum Gasteiger partial charge on any atom is -0.399 e. The van der Waals surface area contributed by atoms with Gasteiger partial charge in [0.25, 0.3) is 0 Å². The molecule has 0 bridgehead atoms. The Labute approximate surface area is 120 Å². The van der Waals surface area contributed by atoms with E-state index in [-0.39, 0.29) is 17.6 Å². The van der Waals surface area contributed by atoms with Crippen LogP contribution in [-0.4, -0.2) is 29.9 Å². The quantitative estimate of drug-likeness (QED) is 0.756. The lowest BCUT2D eigenvalue weighted by molar-refractivity contribution is -0.120. The summed E-state index contributed by atoms with van der Waals surface area (Å²) in [4.78, 5) is 14.3. The van der Waals surface area contributed by atoms with Gasteiger partial charge in [-0.1, -0.05) is 20.3 Å². The van der Waals surface area contributed by atoms with Gasteiger partial charge < -0.3 is 11.1 Å². The van der Waals surface area contributed by atoms with E-state index in [0.29, 0.717) is 5.69 Å². The average molecular weight is 281 g/mol. The normalized spacial score (nSPS) is 12.4. The third-order valence-electron chi connectivity index (χ3n) is 3.38. The first-order valence-electron chi connectivity index (χ1n) is 7.09. The first-order chi connectivity index (χ1) is 9.49. The highest BCUT2D eigenvalue weighted by Gasteiger charge is 2.20. The molecule has 1 amide bonds. The van der Waals surface area contributed by atoms with E-state index in [1.54, 1.807) is 0 Å². The summed E-state index contributed by atoms with van der Waals surface area (Å²) in [6.07, 6.45) is 2.12. The standard InChI is InChI=1S/C15H24FN3O/c1-4-6-9-19(5-2)11(3)15(20)18-14-10-12(17)7-8-13(14)16/h7-8,10-11H,4-6,9,17H2,1-3H3,(H,18,20). The summed E-state index contributed by atoms with van der Waals surface area (Å²) < 4.78 is 13.6. The van der Waals surface area contributed by atoms with Crippen LogP contribution in [0.25, 0.3) is 0 Å². The second kappa shape index (κ2) is 7.85. The molecule has 112 valence electrons. The van der Waals surface area contributed by atoms with Crippen molar-refractivity contribution in [3.63, 3.8) is 0 Å². The second-order valence-corrected chi connectivity index (χ2v) is 4.89. The predicted molar refractivity (Wildman–Crippen MR) is 81.1 cm³/mol. The number of nitrogens with zero attached hydrogens (tertiary/aromatic N) is 1. The highest BCUT2D eigenvalue weighted by atomic mass is 19.1. The van der Waals surface area contributed by atoms with Crippen molar-refractivity contribution in [3.8, 4) is 0 Å². The summed E-state index contributed by atoms with van der Waals surface area (Å²) in [5.74, 6) is -0.691. The van der Waals surface area contributed by atoms with Crippen LogP contribution in [-0.2, 0) is 4.79 Å². The lowest BCUT2D eigenvalue weighted by Crippen LogP contribution is -2.42. The third-order valence-corrected chi connectivity index (χ3v) is 3.38. The predicted octanol–water partition coefficient (Wildman–Crippen LogP) is 2.86. The molecule has 0 fully saturated rings. The van der Waals surface area contributed by atoms with E-state index in [9.17, 15) is 9.18 Å². The van der Waals surface area contributed by atoms with Crippen LogP contribution >= 0.6 is 0 Å². The minimum atomic E-state index is -0.476. The van der Waals surface area contributed by atoms with Crippen molar-refractivity contribution in [1.29, 1.82) is 0 Å². The molecule has 0 aliphatic heterocycles. The van der Waals surface area contributed by atoms with Crippen molar-refractivity contribution in [2.45, 2.75) is 39.7 Å². The van der Waals surface area contributed by atoms with E-state index in [4.69, 9.17) is 5.73 Å². The lowest BCUT2D eigenvalue weighted by Gasteiger charge is -2.26. The average Bonchev–Trinajstić information content (AvgIpc) is 2.43. The Kier molecular flexibility index (Phi) is 6.45. The van der Waals surface area contributed by atoms with E-state index in [2.05, 4.69) is 17.1 Å². The summed E-state index contributed by atoms with van der Waals surface area (Å²) >= 11 is 0. The Morgan fingerprint density at radius 1 is 1.45 bits per heavy atom. The number of hydrogen-bond acceptors (Lipinski definition) is 3. The maximum Gasteiger partial charge on any atom is 0.241 e. The van der Waals surface area contributed by atoms with E-state index in [0.717, 1.165) is 25.9 Å². The van der Waals surface area contributed by atoms with Crippen LogP contribution in [0.2, 0.25) is 0 Å². The van der Waals surface area contributed by atoms with Crippen molar-refractivity contribution >= 4 is 17.3 Å². The molecule has 1 atom stereocenters. The van der Waals surface area contributed by atoms with Crippen LogP contribution in [0, 0.1) is 5.82 Å². The zero-order valence-corrected chi connectivity index (χ0v) is 12.4. The monoisotopic (exact) mass is 281 g/mol. The Bertz CT molecular complexity index is 451. The van der Waals surface area contributed by atoms with Crippen LogP contribution in [0.4, 0.5) is 15.8 Å². The van der Waals surface area contributed by atoms with Crippen molar-refractivity contribution in [2.24, 2.45) is 0 Å². The van der Waals surface area contributed by atoms with Gasteiger partial charge in [0.15, 0.2) is 0 Å². The highest BCUT2D eigenvalue weighted by molar-refractivity contribution is 5.95. The number of likely N-dealkylation sites (N-methyl/N-ethyl adjacent to an activating group) is 1. The van der Waals surface area contributed by atoms with Crippen LogP contribution < -0.4 is 11.1 Å². The number of nitrogens with one attached hydrogen (secondary N) is 1. The fourth-order valence-electron chi connectivity index (χ4n) is 2.03. The van der Waals surface area contributed by atoms with E-state index in [1.165, 1.54) is 18.2 Å². The van der Waals surface area contributed by atoms with Crippen LogP contribution in [0.1, 0.15) is 33.6 Å². The van der Waals surface area contributed by atoms with Gasteiger partial charge >= 0.3 is 0 Å². The zero-order chi connectivity index (χ0) is 15.1. The van der Waals surface area contributed by atoms with Gasteiger partial charge in [0, 0.05) is 5.69 Å². The smallest absolute Gasteiger partial charge is 0.241 e. The van der Waals surface area contributed by atoms with Gasteiger partial charge in [0.2, 0.25) is 5.91 Å². The third kappa shape index (κ3) is 4.49. The number of unbranched alkanes of at least 4 members (excludes halogenated alkanes) is 1. The molecule has 1 unspecified atom stereocenters. The molecule has 0 aromatic heterocycles. The summed E-state index contributed by atoms with van der Waals surface area (Å²) in [5.41, 5.74) is 6.16. The molecule has 4 nitrogen and oxygen atoms in total. The summed E-state index contributed by atoms with van der Waals surface area (Å²) in [7, 11) is 0. The number of amides is 1. The Hall–Kier alpha value is -1.62. The largest absolute Gasteiger partial charge is 0.399 e. The SMILES string of the molecule is CCCCN(CC)C(C)C(=O)Nc1cc(N)ccc1F. The van der Waals surface area contributed by atoms with Crippen molar-refractivity contribution in [2.75, 3.05) is 24.1 Å². The van der Waals surface area contributed by atoms with Crippen molar-refractivity contribution < 1.29 is 9.18 Å². The fourth-order valence-corrected chi connectivity index (χ4v) is 2.03. The molecule has 3 N–H and O–H groups in total. The molecule has 1 aromatic rings. The van der Waals surface area contributed by atoms with Crippen LogP contribution in [0.5, 0.6) is 0 Å². The molecular formula is C15H24FN3O. The number of nitrogen functional groups attached to an aromatic ring is 1. The first-order valence-corrected chi connectivity index (χ1v) is 7.09. The second-order valence-electron chi connectivity index (χ2n) is 4.89. The first kappa shape index (κ1) is 16.4. The van der Waals surface area contributed by atoms with Gasteiger partial charge in [-0.15, -0.1) is 0 Å². The maximum atomic E-state index is 13.6. The van der Waals surface area contributed by atoms with Crippen molar-refractivity contribution in [1.82, 2.24) is 4.90 Å². The number of rotatable bonds is 7. The van der Waals surface area contributed by atoms with Gasteiger partial charge in [-0.3, -0.25) is 9.69 Å². The van der Waals surface area contributed by atoms with Gasteiger partial charge in [-0.25, -0.2) is 4.39 Å². The number of carbonyl (C=O) groups excluding carboxylic acids is 1. The molecular weight excluding hydrogens is 257 g/mol. The summed E-state index contributed by atoms with van der Waals surface area (Å²) in [6, 6.07) is 3.85. The number of halogens is 1. The number of carbonyl (C=O) groups is 1. The molecule has 0 aliphatic carbocycles. The van der Waals surface area contributed by atoms with E-state index in [1.807, 2.05) is 13.8 Å². The lowest BCUT2D eigenvalue weighted by atomic mass is 10.2. The van der Waals surface area contributed by atoms with Gasteiger partial charge in [-0.2, -0.15) is 0 Å². The van der Waals surface area contributed by atoms with Gasteiger partial charge in [0.05, 0.1) is 11.7 Å². The maximum absolute atomic E-state index is 13.6. The number of nitrogens with two attached hydrogens (primary N) is 1. The van der Waals surface area contributed by atoms with Crippen LogP contribution in [0.15, 0.2) is 18.2 Å². The molecule has 0 aliphatic rings. The fraction of sp³-hybridized carbons (Fsp3) is 0.533. The van der Waals surface area contributed by atoms with Gasteiger partial charge in [0.1, 0.15) is 5.82 Å². The zero-order valence-electron chi connectivity index (χ0n) is 12.4. The van der Waals surface area contributed by atoms with E-state index >= 15 is 0 Å². The molecule has 0 spiro atoms. The number of hydrogen-bond donors (Lipinski definition) is 2. The summed E-state index contributed by atoms with van der Waals surface area (Å²) in [6.45, 7) is 7.61. The van der Waals surface area contributed by atoms with Gasteiger partial charge in [-0.05, 0) is 44.6 Å². The molecule has 20 heavy (non-hydrogen) atoms. The summed E-state index contributed by atoms with van der Waals surface area (Å²) in [5, 5.41) is 2.61. The minimum absolute atomic E-state index is 0.133. The number of benzene rings is 1. The molecule has 5 heteroatoms. The Balaban J connectivity index is 2.71. The molecule has 0 saturated carbocycles. The van der Waals surface area contributed by atoms with E-state index < -0.39 is 5.82 Å². The molecule has 0 radical (unpaired) electrons.